The number of fused-ring (bicyclic) bond motifs is 1. The van der Waals surface area contributed by atoms with Crippen LogP contribution in [-0.2, 0) is 4.74 Å². The second-order valence-corrected chi connectivity index (χ2v) is 6.73. The lowest BCUT2D eigenvalue weighted by Crippen LogP contribution is -2.35. The number of anilines is 1. The molecule has 3 heterocycles. The Labute approximate surface area is 162 Å². The Hall–Kier alpha value is -3.31. The van der Waals surface area contributed by atoms with Gasteiger partial charge in [-0.2, -0.15) is 0 Å². The van der Waals surface area contributed by atoms with E-state index in [4.69, 9.17) is 13.6 Å². The molecule has 1 fully saturated rings. The van der Waals surface area contributed by atoms with E-state index in [9.17, 15) is 0 Å². The number of benzene rings is 2. The Morgan fingerprint density at radius 2 is 1.68 bits per heavy atom. The molecule has 0 atom stereocenters. The highest BCUT2D eigenvalue weighted by molar-refractivity contribution is 5.83. The molecule has 0 bridgehead atoms. The van der Waals surface area contributed by atoms with E-state index in [1.807, 2.05) is 54.6 Å². The highest BCUT2D eigenvalue weighted by atomic mass is 16.5. The lowest BCUT2D eigenvalue weighted by molar-refractivity contribution is 0.120. The number of nitrogens with zero attached hydrogens (tertiary/aromatic N) is 2. The van der Waals surface area contributed by atoms with Gasteiger partial charge in [0.05, 0.1) is 25.1 Å². The van der Waals surface area contributed by atoms with Gasteiger partial charge in [-0.3, -0.25) is 4.99 Å². The Kier molecular flexibility index (Phi) is 4.43. The predicted molar refractivity (Wildman–Crippen MR) is 111 cm³/mol. The summed E-state index contributed by atoms with van der Waals surface area (Å²) in [5.74, 6) is 2.46. The summed E-state index contributed by atoms with van der Waals surface area (Å²) in [6.45, 7) is 3.18. The summed E-state index contributed by atoms with van der Waals surface area (Å²) in [5.41, 5.74) is 2.79. The monoisotopic (exact) mass is 372 g/mol. The first-order valence-corrected chi connectivity index (χ1v) is 9.41. The van der Waals surface area contributed by atoms with Gasteiger partial charge in [0.1, 0.15) is 17.1 Å². The van der Waals surface area contributed by atoms with E-state index >= 15 is 0 Å². The molecule has 5 nitrogen and oxygen atoms in total. The van der Waals surface area contributed by atoms with E-state index in [2.05, 4.69) is 22.0 Å². The average Bonchev–Trinajstić information content (AvgIpc) is 3.40. The quantitative estimate of drug-likeness (QED) is 0.457. The molecule has 5 heteroatoms. The first-order chi connectivity index (χ1) is 13.8. The minimum absolute atomic E-state index is 0.738. The maximum absolute atomic E-state index is 5.92. The number of para-hydroxylation sites is 1. The second-order valence-electron chi connectivity index (χ2n) is 6.73. The van der Waals surface area contributed by atoms with Crippen molar-refractivity contribution in [2.45, 2.75) is 0 Å². The van der Waals surface area contributed by atoms with Crippen molar-refractivity contribution in [2.75, 3.05) is 31.2 Å². The van der Waals surface area contributed by atoms with Crippen LogP contribution in [0.4, 0.5) is 11.6 Å². The molecule has 5 rings (SSSR count). The maximum atomic E-state index is 5.92. The summed E-state index contributed by atoms with van der Waals surface area (Å²) in [4.78, 5) is 6.70. The van der Waals surface area contributed by atoms with Crippen LogP contribution in [0.2, 0.25) is 0 Å². The standard InChI is InChI=1S/C23H20N2O3/c1-2-4-21-18(3-1)15-22(28-21)17-5-7-19(8-6-17)24-16-20-9-10-23(27-20)25-11-13-26-14-12-25/h1-10,15-16H,11-14H2. The molecule has 1 saturated heterocycles. The molecule has 0 saturated carbocycles. The molecule has 140 valence electrons. The minimum Gasteiger partial charge on any atom is -0.456 e. The van der Waals surface area contributed by atoms with Crippen LogP contribution in [0.1, 0.15) is 5.76 Å². The number of ether oxygens (including phenoxy) is 1. The van der Waals surface area contributed by atoms with Crippen molar-refractivity contribution in [2.24, 2.45) is 4.99 Å². The smallest absolute Gasteiger partial charge is 0.196 e. The van der Waals surface area contributed by atoms with Crippen LogP contribution >= 0.6 is 0 Å². The predicted octanol–water partition coefficient (Wildman–Crippen LogP) is 5.28. The number of hydrogen-bond acceptors (Lipinski definition) is 5. The number of aliphatic imine (C=N–C) groups is 1. The fourth-order valence-electron chi connectivity index (χ4n) is 3.34. The van der Waals surface area contributed by atoms with E-state index < -0.39 is 0 Å². The number of morpholine rings is 1. The van der Waals surface area contributed by atoms with Gasteiger partial charge >= 0.3 is 0 Å². The van der Waals surface area contributed by atoms with Crippen LogP contribution in [0.3, 0.4) is 0 Å². The summed E-state index contributed by atoms with van der Waals surface area (Å²) in [6, 6.07) is 22.0. The lowest BCUT2D eigenvalue weighted by atomic mass is 10.1. The zero-order valence-electron chi connectivity index (χ0n) is 15.4. The minimum atomic E-state index is 0.738. The van der Waals surface area contributed by atoms with Gasteiger partial charge in [0.25, 0.3) is 0 Å². The van der Waals surface area contributed by atoms with Gasteiger partial charge in [-0.1, -0.05) is 18.2 Å². The number of rotatable bonds is 4. The summed E-state index contributed by atoms with van der Waals surface area (Å²) < 4.78 is 17.2. The molecule has 0 aliphatic carbocycles. The fourth-order valence-corrected chi connectivity index (χ4v) is 3.34. The van der Waals surface area contributed by atoms with E-state index in [0.717, 1.165) is 65.9 Å². The Bertz CT molecular complexity index is 1070. The molecular formula is C23H20N2O3. The van der Waals surface area contributed by atoms with E-state index in [1.54, 1.807) is 6.21 Å². The van der Waals surface area contributed by atoms with E-state index in [-0.39, 0.29) is 0 Å². The van der Waals surface area contributed by atoms with Crippen molar-refractivity contribution >= 4 is 28.8 Å². The topological polar surface area (TPSA) is 51.1 Å². The number of hydrogen-bond donors (Lipinski definition) is 0. The van der Waals surface area contributed by atoms with Gasteiger partial charge in [-0.25, -0.2) is 0 Å². The molecular weight excluding hydrogens is 352 g/mol. The van der Waals surface area contributed by atoms with Gasteiger partial charge in [-0.05, 0) is 42.5 Å². The summed E-state index contributed by atoms with van der Waals surface area (Å²) in [7, 11) is 0. The highest BCUT2D eigenvalue weighted by Crippen LogP contribution is 2.29. The van der Waals surface area contributed by atoms with Gasteiger partial charge < -0.3 is 18.5 Å². The van der Waals surface area contributed by atoms with E-state index in [0.29, 0.717) is 0 Å². The molecule has 2 aromatic carbocycles. The van der Waals surface area contributed by atoms with Crippen molar-refractivity contribution < 1.29 is 13.6 Å². The zero-order chi connectivity index (χ0) is 18.8. The third-order valence-corrected chi connectivity index (χ3v) is 4.85. The highest BCUT2D eigenvalue weighted by Gasteiger charge is 2.14. The van der Waals surface area contributed by atoms with Gasteiger partial charge in [0, 0.05) is 30.1 Å². The van der Waals surface area contributed by atoms with Crippen LogP contribution in [0.15, 0.2) is 80.6 Å². The first-order valence-electron chi connectivity index (χ1n) is 9.41. The van der Waals surface area contributed by atoms with Crippen molar-refractivity contribution in [3.05, 3.63) is 72.5 Å². The maximum Gasteiger partial charge on any atom is 0.196 e. The third kappa shape index (κ3) is 3.44. The second kappa shape index (κ2) is 7.37. The summed E-state index contributed by atoms with van der Waals surface area (Å²) >= 11 is 0. The zero-order valence-corrected chi connectivity index (χ0v) is 15.4. The van der Waals surface area contributed by atoms with Gasteiger partial charge in [-0.15, -0.1) is 0 Å². The number of furan rings is 2. The summed E-state index contributed by atoms with van der Waals surface area (Å²) in [6.07, 6.45) is 1.75. The SMILES string of the molecule is C(=Nc1ccc(-c2cc3ccccc3o2)cc1)c1ccc(N2CCOCC2)o1. The lowest BCUT2D eigenvalue weighted by Gasteiger charge is -2.26. The van der Waals surface area contributed by atoms with Crippen LogP contribution in [0, 0.1) is 0 Å². The van der Waals surface area contributed by atoms with Crippen LogP contribution < -0.4 is 4.90 Å². The van der Waals surface area contributed by atoms with Gasteiger partial charge in [0.15, 0.2) is 5.88 Å². The Morgan fingerprint density at radius 1 is 0.857 bits per heavy atom. The molecule has 0 spiro atoms. The third-order valence-electron chi connectivity index (χ3n) is 4.85. The van der Waals surface area contributed by atoms with Crippen molar-refractivity contribution in [3.63, 3.8) is 0 Å². The molecule has 0 amide bonds. The molecule has 0 radical (unpaired) electrons. The first kappa shape index (κ1) is 16.8. The van der Waals surface area contributed by atoms with Crippen LogP contribution in [0.5, 0.6) is 0 Å². The molecule has 28 heavy (non-hydrogen) atoms. The van der Waals surface area contributed by atoms with E-state index in [1.165, 1.54) is 0 Å². The van der Waals surface area contributed by atoms with Crippen molar-refractivity contribution in [1.29, 1.82) is 0 Å². The average molecular weight is 372 g/mol. The summed E-state index contributed by atoms with van der Waals surface area (Å²) in [5, 5.41) is 1.11. The van der Waals surface area contributed by atoms with Crippen LogP contribution in [0.25, 0.3) is 22.3 Å². The van der Waals surface area contributed by atoms with Gasteiger partial charge in [0.2, 0.25) is 0 Å². The van der Waals surface area contributed by atoms with Crippen molar-refractivity contribution in [1.82, 2.24) is 0 Å². The molecule has 4 aromatic rings. The normalized spacial score (nSPS) is 14.9. The molecule has 1 aliphatic rings. The van der Waals surface area contributed by atoms with Crippen LogP contribution in [-0.4, -0.2) is 32.5 Å². The molecule has 1 aliphatic heterocycles. The molecule has 0 unspecified atom stereocenters. The Morgan fingerprint density at radius 3 is 2.50 bits per heavy atom. The Balaban J connectivity index is 1.30. The molecule has 0 N–H and O–H groups in total. The fraction of sp³-hybridized carbons (Fsp3) is 0.174. The van der Waals surface area contributed by atoms with Crippen molar-refractivity contribution in [3.8, 4) is 11.3 Å². The molecule has 2 aromatic heterocycles. The largest absolute Gasteiger partial charge is 0.456 e.